The number of hydrogen-bond donors (Lipinski definition) is 1. The summed E-state index contributed by atoms with van der Waals surface area (Å²) in [6, 6.07) is 0. The summed E-state index contributed by atoms with van der Waals surface area (Å²) in [5, 5.41) is 9.07. The van der Waals surface area contributed by atoms with Crippen molar-refractivity contribution in [3.05, 3.63) is 0 Å². The van der Waals surface area contributed by atoms with E-state index in [9.17, 15) is 0 Å². The van der Waals surface area contributed by atoms with Crippen molar-refractivity contribution in [3.63, 3.8) is 0 Å². The Balaban J connectivity index is 1.62. The zero-order valence-corrected chi connectivity index (χ0v) is 10.8. The molecule has 0 spiro atoms. The Kier molecular flexibility index (Phi) is 5.22. The third kappa shape index (κ3) is 4.21. The molecule has 2 rings (SSSR count). The largest absolute Gasteiger partial charge is 0.396 e. The molecule has 4 nitrogen and oxygen atoms in total. The van der Waals surface area contributed by atoms with Gasteiger partial charge in [-0.25, -0.2) is 0 Å². The van der Waals surface area contributed by atoms with Gasteiger partial charge in [0.1, 0.15) is 0 Å². The minimum Gasteiger partial charge on any atom is -0.396 e. The van der Waals surface area contributed by atoms with Crippen LogP contribution in [-0.2, 0) is 9.47 Å². The first-order valence-corrected chi connectivity index (χ1v) is 6.80. The highest BCUT2D eigenvalue weighted by Gasteiger charge is 2.23. The van der Waals surface area contributed by atoms with E-state index in [0.717, 1.165) is 52.0 Å². The molecule has 0 aromatic carbocycles. The first-order valence-electron chi connectivity index (χ1n) is 6.80. The van der Waals surface area contributed by atoms with Crippen molar-refractivity contribution in [1.29, 1.82) is 0 Å². The number of morpholine rings is 1. The maximum Gasteiger partial charge on any atom is 0.0935 e. The predicted octanol–water partition coefficient (Wildman–Crippen LogP) is 0.885. The van der Waals surface area contributed by atoms with E-state index >= 15 is 0 Å². The molecular weight excluding hydrogens is 218 g/mol. The normalized spacial score (nSPS) is 36.0. The van der Waals surface area contributed by atoms with Crippen LogP contribution in [0.5, 0.6) is 0 Å². The maximum absolute atomic E-state index is 9.07. The lowest BCUT2D eigenvalue weighted by atomic mass is 9.88. The van der Waals surface area contributed by atoms with Crippen LogP contribution in [0.25, 0.3) is 0 Å². The van der Waals surface area contributed by atoms with Crippen molar-refractivity contribution in [1.82, 2.24) is 4.90 Å². The summed E-state index contributed by atoms with van der Waals surface area (Å²) in [7, 11) is 2.13. The van der Waals surface area contributed by atoms with Gasteiger partial charge in [-0.1, -0.05) is 0 Å². The van der Waals surface area contributed by atoms with Crippen LogP contribution in [-0.4, -0.2) is 62.2 Å². The van der Waals surface area contributed by atoms with Crippen molar-refractivity contribution >= 4 is 0 Å². The minimum atomic E-state index is 0.240. The molecule has 0 bridgehead atoms. The van der Waals surface area contributed by atoms with Crippen LogP contribution in [0.4, 0.5) is 0 Å². The number of hydrogen-bond acceptors (Lipinski definition) is 4. The standard InChI is InChI=1S/C13H25NO3/c1-14-6-7-16-13(8-14)10-17-12-4-2-11(9-15)3-5-12/h11-13,15H,2-10H2,1H3. The molecule has 1 saturated heterocycles. The Bertz CT molecular complexity index is 217. The first-order chi connectivity index (χ1) is 8.28. The molecule has 1 unspecified atom stereocenters. The van der Waals surface area contributed by atoms with E-state index in [4.69, 9.17) is 14.6 Å². The maximum atomic E-state index is 9.07. The average Bonchev–Trinajstić information content (AvgIpc) is 2.37. The van der Waals surface area contributed by atoms with Gasteiger partial charge < -0.3 is 19.5 Å². The molecule has 1 heterocycles. The summed E-state index contributed by atoms with van der Waals surface area (Å²) >= 11 is 0. The van der Waals surface area contributed by atoms with Crippen molar-refractivity contribution in [2.45, 2.75) is 37.9 Å². The Morgan fingerprint density at radius 3 is 2.71 bits per heavy atom. The summed E-state index contributed by atoms with van der Waals surface area (Å²) in [6.07, 6.45) is 5.01. The highest BCUT2D eigenvalue weighted by atomic mass is 16.5. The fraction of sp³-hybridized carbons (Fsp3) is 1.00. The first kappa shape index (κ1) is 13.3. The second-order valence-corrected chi connectivity index (χ2v) is 5.41. The summed E-state index contributed by atoms with van der Waals surface area (Å²) in [6.45, 7) is 3.88. The monoisotopic (exact) mass is 243 g/mol. The van der Waals surface area contributed by atoms with Gasteiger partial charge in [0, 0.05) is 19.7 Å². The topological polar surface area (TPSA) is 41.9 Å². The Morgan fingerprint density at radius 2 is 2.06 bits per heavy atom. The van der Waals surface area contributed by atoms with E-state index in [2.05, 4.69) is 11.9 Å². The summed E-state index contributed by atoms with van der Waals surface area (Å²) in [5.41, 5.74) is 0. The van der Waals surface area contributed by atoms with Crippen molar-refractivity contribution < 1.29 is 14.6 Å². The highest BCUT2D eigenvalue weighted by molar-refractivity contribution is 4.74. The Hall–Kier alpha value is -0.160. The van der Waals surface area contributed by atoms with E-state index in [1.807, 2.05) is 0 Å². The van der Waals surface area contributed by atoms with Crippen LogP contribution in [0.1, 0.15) is 25.7 Å². The van der Waals surface area contributed by atoms with E-state index in [1.54, 1.807) is 0 Å². The van der Waals surface area contributed by atoms with Crippen LogP contribution in [0.3, 0.4) is 0 Å². The molecule has 0 aromatic heterocycles. The fourth-order valence-electron chi connectivity index (χ4n) is 2.69. The highest BCUT2D eigenvalue weighted by Crippen LogP contribution is 2.25. The zero-order chi connectivity index (χ0) is 12.1. The fourth-order valence-corrected chi connectivity index (χ4v) is 2.69. The molecule has 0 amide bonds. The number of aliphatic hydroxyl groups is 1. The molecule has 17 heavy (non-hydrogen) atoms. The molecule has 1 aliphatic heterocycles. The molecule has 1 atom stereocenters. The van der Waals surface area contributed by atoms with Gasteiger partial charge in [-0.3, -0.25) is 0 Å². The zero-order valence-electron chi connectivity index (χ0n) is 10.8. The number of aliphatic hydroxyl groups excluding tert-OH is 1. The lowest BCUT2D eigenvalue weighted by molar-refractivity contribution is -0.0885. The van der Waals surface area contributed by atoms with E-state index < -0.39 is 0 Å². The number of likely N-dealkylation sites (N-methyl/N-ethyl adjacent to an activating group) is 1. The van der Waals surface area contributed by atoms with E-state index in [-0.39, 0.29) is 6.10 Å². The van der Waals surface area contributed by atoms with Gasteiger partial charge in [-0.05, 0) is 38.6 Å². The third-order valence-electron chi connectivity index (χ3n) is 3.91. The van der Waals surface area contributed by atoms with E-state index in [1.165, 1.54) is 0 Å². The molecule has 1 aliphatic carbocycles. The number of ether oxygens (including phenoxy) is 2. The van der Waals surface area contributed by atoms with Crippen molar-refractivity contribution in [2.75, 3.05) is 40.0 Å². The Labute approximate surface area is 104 Å². The second-order valence-electron chi connectivity index (χ2n) is 5.41. The molecule has 4 heteroatoms. The summed E-state index contributed by atoms with van der Waals surface area (Å²) in [4.78, 5) is 2.29. The van der Waals surface area contributed by atoms with Crippen LogP contribution in [0.15, 0.2) is 0 Å². The molecule has 2 aliphatic rings. The van der Waals surface area contributed by atoms with Gasteiger partial charge in [0.05, 0.1) is 25.4 Å². The van der Waals surface area contributed by atoms with Crippen LogP contribution < -0.4 is 0 Å². The lowest BCUT2D eigenvalue weighted by Crippen LogP contribution is -2.43. The molecule has 100 valence electrons. The van der Waals surface area contributed by atoms with Gasteiger partial charge in [0.2, 0.25) is 0 Å². The molecule has 0 radical (unpaired) electrons. The number of rotatable bonds is 4. The van der Waals surface area contributed by atoms with Crippen molar-refractivity contribution in [3.8, 4) is 0 Å². The third-order valence-corrected chi connectivity index (χ3v) is 3.91. The van der Waals surface area contributed by atoms with Gasteiger partial charge >= 0.3 is 0 Å². The molecule has 0 aromatic rings. The lowest BCUT2D eigenvalue weighted by Gasteiger charge is -2.32. The van der Waals surface area contributed by atoms with Crippen LogP contribution >= 0.6 is 0 Å². The quantitative estimate of drug-likeness (QED) is 0.796. The van der Waals surface area contributed by atoms with Gasteiger partial charge in [0.25, 0.3) is 0 Å². The Morgan fingerprint density at radius 1 is 1.29 bits per heavy atom. The average molecular weight is 243 g/mol. The van der Waals surface area contributed by atoms with Gasteiger partial charge in [0.15, 0.2) is 0 Å². The van der Waals surface area contributed by atoms with E-state index in [0.29, 0.717) is 18.6 Å². The molecular formula is C13H25NO3. The number of nitrogens with zero attached hydrogens (tertiary/aromatic N) is 1. The molecule has 1 saturated carbocycles. The molecule has 2 fully saturated rings. The van der Waals surface area contributed by atoms with Crippen molar-refractivity contribution in [2.24, 2.45) is 5.92 Å². The second kappa shape index (κ2) is 6.69. The smallest absolute Gasteiger partial charge is 0.0935 e. The van der Waals surface area contributed by atoms with Crippen LogP contribution in [0.2, 0.25) is 0 Å². The van der Waals surface area contributed by atoms with Gasteiger partial charge in [-0.15, -0.1) is 0 Å². The van der Waals surface area contributed by atoms with Crippen LogP contribution in [0, 0.1) is 5.92 Å². The SMILES string of the molecule is CN1CCOC(COC2CCC(CO)CC2)C1. The molecule has 1 N–H and O–H groups in total. The van der Waals surface area contributed by atoms with Gasteiger partial charge in [-0.2, -0.15) is 0 Å². The summed E-state index contributed by atoms with van der Waals surface area (Å²) in [5.74, 6) is 0.506. The summed E-state index contributed by atoms with van der Waals surface area (Å²) < 4.78 is 11.6. The predicted molar refractivity (Wildman–Crippen MR) is 66.0 cm³/mol. The minimum absolute atomic E-state index is 0.240.